The van der Waals surface area contributed by atoms with Gasteiger partial charge in [-0.1, -0.05) is 13.8 Å². The molecule has 2 N–H and O–H groups in total. The highest BCUT2D eigenvalue weighted by molar-refractivity contribution is 5.98. The number of likely N-dealkylation sites (tertiary alicyclic amines) is 1. The van der Waals surface area contributed by atoms with Crippen molar-refractivity contribution in [3.8, 4) is 11.5 Å². The number of amides is 3. The summed E-state index contributed by atoms with van der Waals surface area (Å²) in [6.07, 6.45) is 1.28. The number of rotatable bonds is 8. The fourth-order valence-electron chi connectivity index (χ4n) is 3.86. The molecule has 2 heterocycles. The Balaban J connectivity index is 1.68. The molecule has 2 aliphatic rings. The van der Waals surface area contributed by atoms with E-state index in [2.05, 4.69) is 10.6 Å². The number of fused-ring (bicyclic) bond motifs is 1. The normalized spacial score (nSPS) is 16.8. The van der Waals surface area contributed by atoms with Crippen LogP contribution in [0.3, 0.4) is 0 Å². The van der Waals surface area contributed by atoms with Crippen LogP contribution in [0.15, 0.2) is 18.2 Å². The van der Waals surface area contributed by atoms with Gasteiger partial charge < -0.3 is 29.7 Å². The highest BCUT2D eigenvalue weighted by Gasteiger charge is 2.34. The van der Waals surface area contributed by atoms with Gasteiger partial charge in [-0.15, -0.1) is 0 Å². The van der Waals surface area contributed by atoms with Crippen LogP contribution in [0.1, 0.15) is 37.0 Å². The van der Waals surface area contributed by atoms with Crippen LogP contribution in [0.5, 0.6) is 11.5 Å². The molecule has 1 fully saturated rings. The minimum Gasteiger partial charge on any atom is -0.454 e. The molecule has 1 atom stereocenters. The first-order valence-electron chi connectivity index (χ1n) is 10.7. The summed E-state index contributed by atoms with van der Waals surface area (Å²) in [5.74, 6) is 0.476. The number of nitrogens with zero attached hydrogens (tertiary/aromatic N) is 1. The summed E-state index contributed by atoms with van der Waals surface area (Å²) in [6, 6.07) is 4.24. The van der Waals surface area contributed by atoms with E-state index in [9.17, 15) is 14.4 Å². The van der Waals surface area contributed by atoms with Gasteiger partial charge in [0.05, 0.1) is 6.61 Å². The standard InChI is InChI=1S/C22H31N3O6/c1-14(2)22(28)25-9-6-15(7-10-25)19(21(27)23-8-11-29-3)24-20(26)16-4-5-17-18(12-16)31-13-30-17/h4-5,12,14-15,19H,6-11,13H2,1-3H3,(H,23,27)(H,24,26). The summed E-state index contributed by atoms with van der Waals surface area (Å²) in [6.45, 7) is 5.77. The van der Waals surface area contributed by atoms with Crippen molar-refractivity contribution in [1.29, 1.82) is 0 Å². The second kappa shape index (κ2) is 10.5. The number of ether oxygens (including phenoxy) is 3. The molecular formula is C22H31N3O6. The smallest absolute Gasteiger partial charge is 0.252 e. The predicted octanol–water partition coefficient (Wildman–Crippen LogP) is 1.17. The first-order chi connectivity index (χ1) is 14.9. The number of benzene rings is 1. The largest absolute Gasteiger partial charge is 0.454 e. The molecule has 3 rings (SSSR count). The molecule has 9 heteroatoms. The summed E-state index contributed by atoms with van der Waals surface area (Å²) < 4.78 is 15.6. The van der Waals surface area contributed by atoms with Gasteiger partial charge >= 0.3 is 0 Å². The van der Waals surface area contributed by atoms with Crippen LogP contribution in [0.2, 0.25) is 0 Å². The summed E-state index contributed by atoms with van der Waals surface area (Å²) in [5.41, 5.74) is 0.395. The maximum atomic E-state index is 12.9. The molecule has 3 amide bonds. The van der Waals surface area contributed by atoms with Crippen molar-refractivity contribution in [3.05, 3.63) is 23.8 Å². The lowest BCUT2D eigenvalue weighted by Gasteiger charge is -2.36. The van der Waals surface area contributed by atoms with Crippen molar-refractivity contribution in [2.75, 3.05) is 40.1 Å². The van der Waals surface area contributed by atoms with Crippen LogP contribution >= 0.6 is 0 Å². The second-order valence-electron chi connectivity index (χ2n) is 8.12. The maximum Gasteiger partial charge on any atom is 0.252 e. The lowest BCUT2D eigenvalue weighted by molar-refractivity contribution is -0.136. The minimum absolute atomic E-state index is 0.0598. The highest BCUT2D eigenvalue weighted by atomic mass is 16.7. The Morgan fingerprint density at radius 2 is 1.87 bits per heavy atom. The zero-order chi connectivity index (χ0) is 22.4. The summed E-state index contributed by atoms with van der Waals surface area (Å²) in [4.78, 5) is 39.9. The van der Waals surface area contributed by atoms with E-state index in [1.165, 1.54) is 0 Å². The third-order valence-corrected chi connectivity index (χ3v) is 5.63. The fourth-order valence-corrected chi connectivity index (χ4v) is 3.86. The maximum absolute atomic E-state index is 12.9. The molecule has 0 aromatic heterocycles. The van der Waals surface area contributed by atoms with Gasteiger partial charge in [0.2, 0.25) is 18.6 Å². The van der Waals surface area contributed by atoms with Crippen molar-refractivity contribution < 1.29 is 28.6 Å². The van der Waals surface area contributed by atoms with Gasteiger partial charge in [0.1, 0.15) is 6.04 Å². The molecule has 0 bridgehead atoms. The van der Waals surface area contributed by atoms with Crippen LogP contribution in [0, 0.1) is 11.8 Å². The average molecular weight is 434 g/mol. The Morgan fingerprint density at radius 3 is 2.55 bits per heavy atom. The van der Waals surface area contributed by atoms with Crippen molar-refractivity contribution in [3.63, 3.8) is 0 Å². The molecule has 0 radical (unpaired) electrons. The van der Waals surface area contributed by atoms with Crippen LogP contribution in [-0.2, 0) is 14.3 Å². The topological polar surface area (TPSA) is 106 Å². The third-order valence-electron chi connectivity index (χ3n) is 5.63. The molecule has 1 unspecified atom stereocenters. The van der Waals surface area contributed by atoms with E-state index in [0.717, 1.165) is 0 Å². The van der Waals surface area contributed by atoms with Crippen LogP contribution in [-0.4, -0.2) is 68.8 Å². The lowest BCUT2D eigenvalue weighted by atomic mass is 9.88. The summed E-state index contributed by atoms with van der Waals surface area (Å²) >= 11 is 0. The van der Waals surface area contributed by atoms with Gasteiger partial charge in [-0.2, -0.15) is 0 Å². The summed E-state index contributed by atoms with van der Waals surface area (Å²) in [7, 11) is 1.56. The lowest BCUT2D eigenvalue weighted by Crippen LogP contribution is -2.54. The summed E-state index contributed by atoms with van der Waals surface area (Å²) in [5, 5.41) is 5.72. The highest BCUT2D eigenvalue weighted by Crippen LogP contribution is 2.32. The number of carbonyl (C=O) groups excluding carboxylic acids is 3. The zero-order valence-electron chi connectivity index (χ0n) is 18.3. The molecule has 2 aliphatic heterocycles. The Labute approximate surface area is 182 Å². The van der Waals surface area contributed by atoms with Gasteiger partial charge in [0.25, 0.3) is 5.91 Å². The van der Waals surface area contributed by atoms with E-state index in [1.807, 2.05) is 18.7 Å². The van der Waals surface area contributed by atoms with Crippen LogP contribution in [0.4, 0.5) is 0 Å². The molecule has 1 saturated heterocycles. The number of hydrogen-bond acceptors (Lipinski definition) is 6. The SMILES string of the molecule is COCCNC(=O)C(NC(=O)c1ccc2c(c1)OCO2)C1CCN(C(=O)C(C)C)CC1. The van der Waals surface area contributed by atoms with Gasteiger partial charge in [-0.3, -0.25) is 14.4 Å². The molecule has 0 saturated carbocycles. The minimum atomic E-state index is -0.703. The number of nitrogens with one attached hydrogen (secondary N) is 2. The van der Waals surface area contributed by atoms with Crippen LogP contribution in [0.25, 0.3) is 0 Å². The van der Waals surface area contributed by atoms with E-state index in [4.69, 9.17) is 14.2 Å². The van der Waals surface area contributed by atoms with Gasteiger partial charge in [-0.25, -0.2) is 0 Å². The van der Waals surface area contributed by atoms with Crippen LogP contribution < -0.4 is 20.1 Å². The molecule has 1 aromatic carbocycles. The Morgan fingerprint density at radius 1 is 1.16 bits per heavy atom. The fraction of sp³-hybridized carbons (Fsp3) is 0.591. The van der Waals surface area contributed by atoms with Gasteiger partial charge in [-0.05, 0) is 37.0 Å². The van der Waals surface area contributed by atoms with E-state index in [-0.39, 0.29) is 36.4 Å². The van der Waals surface area contributed by atoms with Crippen molar-refractivity contribution in [2.24, 2.45) is 11.8 Å². The molecule has 31 heavy (non-hydrogen) atoms. The number of piperidine rings is 1. The predicted molar refractivity (Wildman–Crippen MR) is 113 cm³/mol. The molecule has 0 spiro atoms. The van der Waals surface area contributed by atoms with Crippen molar-refractivity contribution in [1.82, 2.24) is 15.5 Å². The number of methoxy groups -OCH3 is 1. The first-order valence-corrected chi connectivity index (χ1v) is 10.7. The van der Waals surface area contributed by atoms with E-state index in [1.54, 1.807) is 25.3 Å². The monoisotopic (exact) mass is 433 g/mol. The first kappa shape index (κ1) is 22.9. The second-order valence-corrected chi connectivity index (χ2v) is 8.12. The van der Waals surface area contributed by atoms with Crippen molar-refractivity contribution >= 4 is 17.7 Å². The molecule has 9 nitrogen and oxygen atoms in total. The van der Waals surface area contributed by atoms with E-state index < -0.39 is 6.04 Å². The molecular weight excluding hydrogens is 402 g/mol. The number of carbonyl (C=O) groups is 3. The van der Waals surface area contributed by atoms with Crippen molar-refractivity contribution in [2.45, 2.75) is 32.7 Å². The average Bonchev–Trinajstić information content (AvgIpc) is 3.25. The van der Waals surface area contributed by atoms with E-state index in [0.29, 0.717) is 56.1 Å². The Bertz CT molecular complexity index is 804. The zero-order valence-corrected chi connectivity index (χ0v) is 18.3. The quantitative estimate of drug-likeness (QED) is 0.596. The third kappa shape index (κ3) is 5.66. The Hall–Kier alpha value is -2.81. The molecule has 0 aliphatic carbocycles. The number of hydrogen-bond donors (Lipinski definition) is 2. The van der Waals surface area contributed by atoms with E-state index >= 15 is 0 Å². The molecule has 170 valence electrons. The Kier molecular flexibility index (Phi) is 7.73. The van der Waals surface area contributed by atoms with Gasteiger partial charge in [0, 0.05) is 38.2 Å². The molecule has 1 aromatic rings. The van der Waals surface area contributed by atoms with Gasteiger partial charge in [0.15, 0.2) is 11.5 Å².